The van der Waals surface area contributed by atoms with E-state index < -0.39 is 11.9 Å². The number of aliphatic hydroxyl groups is 1. The first kappa shape index (κ1) is 38.1. The van der Waals surface area contributed by atoms with E-state index in [1.807, 2.05) is 51.1 Å². The predicted octanol–water partition coefficient (Wildman–Crippen LogP) is 8.21. The Balaban J connectivity index is 0.946. The molecular formula is C46H59N3O6. The van der Waals surface area contributed by atoms with Crippen molar-refractivity contribution in [1.29, 1.82) is 0 Å². The summed E-state index contributed by atoms with van der Waals surface area (Å²) in [5.41, 5.74) is 5.45. The van der Waals surface area contributed by atoms with Crippen LogP contribution in [-0.2, 0) is 32.2 Å². The molecule has 6 fully saturated rings. The minimum atomic E-state index is -0.608. The van der Waals surface area contributed by atoms with Crippen molar-refractivity contribution in [1.82, 2.24) is 15.5 Å². The SMILES string of the molecule is C[C@H]1[C@@H](CN2CCC[C@H]2C(=O)OC(C)(C)C)O[C@@H](c2ccc(-c3cccc(CNC(=O)NC45CC6CC(CC(C6)C4)C5)c3)cc2)O[C@H]1c1ccc(CO)cc1. The molecule has 3 aromatic rings. The van der Waals surface area contributed by atoms with Crippen LogP contribution in [-0.4, -0.2) is 58.4 Å². The molecular weight excluding hydrogens is 691 g/mol. The van der Waals surface area contributed by atoms with Crippen LogP contribution in [0.3, 0.4) is 0 Å². The summed E-state index contributed by atoms with van der Waals surface area (Å²) in [6, 6.07) is 24.3. The molecule has 3 aromatic carbocycles. The van der Waals surface area contributed by atoms with E-state index in [4.69, 9.17) is 14.2 Å². The summed E-state index contributed by atoms with van der Waals surface area (Å²) in [7, 11) is 0. The summed E-state index contributed by atoms with van der Waals surface area (Å²) in [5.74, 6) is 2.19. The molecule has 3 N–H and O–H groups in total. The van der Waals surface area contributed by atoms with E-state index in [0.717, 1.165) is 89.8 Å². The fourth-order valence-corrected chi connectivity index (χ4v) is 10.7. The molecule has 0 radical (unpaired) electrons. The fourth-order valence-electron chi connectivity index (χ4n) is 10.7. The van der Waals surface area contributed by atoms with Crippen molar-refractivity contribution in [3.05, 3.63) is 95.1 Å². The molecule has 4 aliphatic carbocycles. The number of nitrogens with zero attached hydrogens (tertiary/aromatic N) is 1. The first-order valence-electron chi connectivity index (χ1n) is 20.7. The summed E-state index contributed by atoms with van der Waals surface area (Å²) >= 11 is 0. The Labute approximate surface area is 326 Å². The zero-order valence-corrected chi connectivity index (χ0v) is 33.0. The van der Waals surface area contributed by atoms with Gasteiger partial charge < -0.3 is 30.0 Å². The molecule has 6 aliphatic rings. The molecule has 2 amide bonds. The number of hydrogen-bond donors (Lipinski definition) is 3. The van der Waals surface area contributed by atoms with Crippen LogP contribution in [0.4, 0.5) is 4.79 Å². The van der Waals surface area contributed by atoms with E-state index in [1.54, 1.807) is 0 Å². The molecule has 0 spiro atoms. The van der Waals surface area contributed by atoms with Crippen molar-refractivity contribution >= 4 is 12.0 Å². The number of benzene rings is 3. The first-order valence-corrected chi connectivity index (χ1v) is 20.7. The van der Waals surface area contributed by atoms with E-state index in [2.05, 4.69) is 64.9 Å². The van der Waals surface area contributed by atoms with Crippen LogP contribution >= 0.6 is 0 Å². The van der Waals surface area contributed by atoms with Crippen LogP contribution < -0.4 is 10.6 Å². The Morgan fingerprint density at radius 1 is 0.873 bits per heavy atom. The van der Waals surface area contributed by atoms with Crippen molar-refractivity contribution in [2.75, 3.05) is 13.1 Å². The monoisotopic (exact) mass is 749 g/mol. The van der Waals surface area contributed by atoms with Crippen LogP contribution in [0.2, 0.25) is 0 Å². The van der Waals surface area contributed by atoms with Crippen molar-refractivity contribution in [3.8, 4) is 11.1 Å². The Morgan fingerprint density at radius 2 is 1.55 bits per heavy atom. The minimum absolute atomic E-state index is 0.00123. The lowest BCUT2D eigenvalue weighted by Crippen LogP contribution is -2.61. The fraction of sp³-hybridized carbons (Fsp3) is 0.565. The van der Waals surface area contributed by atoms with Gasteiger partial charge in [-0.15, -0.1) is 0 Å². The van der Waals surface area contributed by atoms with E-state index >= 15 is 0 Å². The van der Waals surface area contributed by atoms with Gasteiger partial charge in [0.05, 0.1) is 18.8 Å². The number of nitrogens with one attached hydrogen (secondary N) is 2. The number of likely N-dealkylation sites (tertiary alicyclic amines) is 1. The van der Waals surface area contributed by atoms with Crippen molar-refractivity contribution in [2.24, 2.45) is 23.7 Å². The number of ether oxygens (including phenoxy) is 3. The van der Waals surface area contributed by atoms with Crippen LogP contribution in [0, 0.1) is 23.7 Å². The summed E-state index contributed by atoms with van der Waals surface area (Å²) in [4.78, 5) is 28.6. The highest BCUT2D eigenvalue weighted by Gasteiger charge is 2.51. The Morgan fingerprint density at radius 3 is 2.20 bits per heavy atom. The highest BCUT2D eigenvalue weighted by atomic mass is 16.7. The van der Waals surface area contributed by atoms with Crippen molar-refractivity contribution in [2.45, 2.75) is 128 Å². The number of carbonyl (C=O) groups excluding carboxylic acids is 2. The van der Waals surface area contributed by atoms with Gasteiger partial charge in [0.15, 0.2) is 6.29 Å². The molecule has 4 bridgehead atoms. The second-order valence-corrected chi connectivity index (χ2v) is 18.3. The Kier molecular flexibility index (Phi) is 10.8. The number of aliphatic hydroxyl groups excluding tert-OH is 1. The molecule has 2 heterocycles. The average molecular weight is 750 g/mol. The number of urea groups is 1. The summed E-state index contributed by atoms with van der Waals surface area (Å²) < 4.78 is 19.3. The Hall–Kier alpha value is -3.76. The first-order chi connectivity index (χ1) is 26.4. The normalized spacial score (nSPS) is 31.7. The lowest BCUT2D eigenvalue weighted by atomic mass is 9.53. The summed E-state index contributed by atoms with van der Waals surface area (Å²) in [6.45, 7) is 9.75. The molecule has 0 unspecified atom stereocenters. The highest BCUT2D eigenvalue weighted by molar-refractivity contribution is 5.76. The Bertz CT molecular complexity index is 1780. The summed E-state index contributed by atoms with van der Waals surface area (Å²) in [6.07, 6.45) is 8.14. The second-order valence-electron chi connectivity index (χ2n) is 18.3. The van der Waals surface area contributed by atoms with E-state index in [-0.39, 0.29) is 48.3 Å². The van der Waals surface area contributed by atoms with Crippen LogP contribution in [0.5, 0.6) is 0 Å². The van der Waals surface area contributed by atoms with Gasteiger partial charge in [-0.3, -0.25) is 9.69 Å². The lowest BCUT2D eigenvalue weighted by molar-refractivity contribution is -0.276. The molecule has 294 valence electrons. The third-order valence-electron chi connectivity index (χ3n) is 12.9. The number of hydrogen-bond acceptors (Lipinski definition) is 7. The predicted molar refractivity (Wildman–Crippen MR) is 212 cm³/mol. The maximum Gasteiger partial charge on any atom is 0.323 e. The maximum atomic E-state index is 13.2. The molecule has 9 heteroatoms. The van der Waals surface area contributed by atoms with Crippen molar-refractivity contribution in [3.63, 3.8) is 0 Å². The highest BCUT2D eigenvalue weighted by Crippen LogP contribution is 2.55. The molecule has 2 aliphatic heterocycles. The molecule has 2 saturated heterocycles. The van der Waals surface area contributed by atoms with Crippen LogP contribution in [0.1, 0.15) is 114 Å². The van der Waals surface area contributed by atoms with Gasteiger partial charge in [0.25, 0.3) is 0 Å². The molecule has 9 rings (SSSR count). The van der Waals surface area contributed by atoms with Gasteiger partial charge in [-0.1, -0.05) is 73.7 Å². The van der Waals surface area contributed by atoms with Gasteiger partial charge >= 0.3 is 12.0 Å². The van der Waals surface area contributed by atoms with Gasteiger partial charge in [-0.05, 0) is 130 Å². The minimum Gasteiger partial charge on any atom is -0.459 e. The van der Waals surface area contributed by atoms with Gasteiger partial charge in [0.1, 0.15) is 11.6 Å². The molecule has 9 nitrogen and oxygen atoms in total. The third kappa shape index (κ3) is 8.65. The molecule has 55 heavy (non-hydrogen) atoms. The maximum absolute atomic E-state index is 13.2. The van der Waals surface area contributed by atoms with Crippen molar-refractivity contribution < 1.29 is 28.9 Å². The second kappa shape index (κ2) is 15.6. The number of amides is 2. The zero-order valence-electron chi connectivity index (χ0n) is 33.0. The number of esters is 1. The summed E-state index contributed by atoms with van der Waals surface area (Å²) in [5, 5.41) is 16.3. The zero-order chi connectivity index (χ0) is 38.3. The van der Waals surface area contributed by atoms with Crippen LogP contribution in [0.15, 0.2) is 72.8 Å². The van der Waals surface area contributed by atoms with Gasteiger partial charge in [0, 0.05) is 30.1 Å². The smallest absolute Gasteiger partial charge is 0.323 e. The topological polar surface area (TPSA) is 109 Å². The molecule has 4 saturated carbocycles. The average Bonchev–Trinajstić information content (AvgIpc) is 3.62. The molecule has 5 atom stereocenters. The van der Waals surface area contributed by atoms with Gasteiger partial charge in [0.2, 0.25) is 0 Å². The standard InChI is InChI=1S/C46H59N3O6/c1-29-40(27-49-18-6-9-39(49)42(51)55-45(2,3)4)53-43(54-41(29)36-12-10-30(28-50)11-13-36)37-16-14-35(15-17-37)38-8-5-7-31(22-38)26-47-44(52)48-46-23-32-19-33(24-46)21-34(20-32)25-46/h5,7-8,10-17,22,29,32-34,39-41,43,50H,6,9,18-21,23-28H2,1-4H3,(H2,47,48,52)/t29-,32?,33?,34?,39-,40+,41+,43+,46?/m0/s1. The number of rotatable bonds is 10. The third-order valence-corrected chi connectivity index (χ3v) is 12.9. The van der Waals surface area contributed by atoms with Gasteiger partial charge in [-0.2, -0.15) is 0 Å². The van der Waals surface area contributed by atoms with E-state index in [1.165, 1.54) is 19.3 Å². The van der Waals surface area contributed by atoms with Crippen LogP contribution in [0.25, 0.3) is 11.1 Å². The molecule has 0 aromatic heterocycles. The van der Waals surface area contributed by atoms with E-state index in [0.29, 0.717) is 13.1 Å². The number of carbonyl (C=O) groups is 2. The lowest BCUT2D eigenvalue weighted by Gasteiger charge is -2.56. The largest absolute Gasteiger partial charge is 0.459 e. The van der Waals surface area contributed by atoms with E-state index in [9.17, 15) is 14.7 Å². The quantitative estimate of drug-likeness (QED) is 0.179. The van der Waals surface area contributed by atoms with Gasteiger partial charge in [-0.25, -0.2) is 4.79 Å².